The second-order valence-electron chi connectivity index (χ2n) is 2.74. The molecule has 0 radical (unpaired) electrons. The van der Waals surface area contributed by atoms with Crippen molar-refractivity contribution in [2.24, 2.45) is 0 Å². The lowest BCUT2D eigenvalue weighted by Gasteiger charge is -1.90. The third-order valence-electron chi connectivity index (χ3n) is 1.86. The monoisotopic (exact) mass is 209 g/mol. The van der Waals surface area contributed by atoms with Crippen LogP contribution in [0.5, 0.6) is 5.88 Å². The van der Waals surface area contributed by atoms with Crippen LogP contribution in [0.1, 0.15) is 10.4 Å². The van der Waals surface area contributed by atoms with Gasteiger partial charge >= 0.3 is 5.97 Å². The molecule has 1 N–H and O–H groups in total. The predicted octanol–water partition coefficient (Wildman–Crippen LogP) is 1.64. The van der Waals surface area contributed by atoms with E-state index in [-0.39, 0.29) is 17.2 Å². The first-order valence-corrected chi connectivity index (χ1v) is 4.03. The summed E-state index contributed by atoms with van der Waals surface area (Å²) in [5, 5.41) is 12.4. The largest absolute Gasteiger partial charge is 0.479 e. The first-order chi connectivity index (χ1) is 7.22. The van der Waals surface area contributed by atoms with Gasteiger partial charge in [-0.1, -0.05) is 0 Å². The van der Waals surface area contributed by atoms with Crippen molar-refractivity contribution in [3.05, 3.63) is 24.2 Å². The minimum absolute atomic E-state index is 0.0220. The van der Waals surface area contributed by atoms with Crippen molar-refractivity contribution in [1.29, 1.82) is 0 Å². The molecular formula is C9H7NO5. The highest BCUT2D eigenvalue weighted by atomic mass is 16.5. The number of aromatic nitrogens is 1. The van der Waals surface area contributed by atoms with Crippen LogP contribution in [0.2, 0.25) is 0 Å². The molecule has 0 aromatic carbocycles. The van der Waals surface area contributed by atoms with Crippen LogP contribution in [-0.2, 0) is 0 Å². The van der Waals surface area contributed by atoms with Crippen LogP contribution in [0, 0.1) is 0 Å². The molecule has 0 unspecified atom stereocenters. The fraction of sp³-hybridized carbons (Fsp3) is 0.111. The second-order valence-corrected chi connectivity index (χ2v) is 2.74. The molecule has 0 amide bonds. The standard InChI is InChI=1S/C9H7NO5/c1-13-8-2-7(15-10-8)5-3-14-4-6(5)9(11)12/h2-4H,1H3,(H,11,12). The number of rotatable bonds is 3. The van der Waals surface area contributed by atoms with Gasteiger partial charge in [0, 0.05) is 6.07 Å². The molecule has 0 aliphatic rings. The first-order valence-electron chi connectivity index (χ1n) is 4.03. The molecule has 2 heterocycles. The zero-order valence-corrected chi connectivity index (χ0v) is 7.76. The molecule has 2 aromatic heterocycles. The van der Waals surface area contributed by atoms with Gasteiger partial charge in [-0.2, -0.15) is 0 Å². The molecule has 0 bridgehead atoms. The molecule has 0 aliphatic carbocycles. The Hall–Kier alpha value is -2.24. The van der Waals surface area contributed by atoms with Gasteiger partial charge in [0.2, 0.25) is 0 Å². The Morgan fingerprint density at radius 1 is 1.53 bits per heavy atom. The molecule has 0 aliphatic heterocycles. The summed E-state index contributed by atoms with van der Waals surface area (Å²) in [5.41, 5.74) is 0.354. The fourth-order valence-electron chi connectivity index (χ4n) is 1.14. The Morgan fingerprint density at radius 3 is 2.93 bits per heavy atom. The average molecular weight is 209 g/mol. The summed E-state index contributed by atoms with van der Waals surface area (Å²) in [7, 11) is 1.44. The minimum Gasteiger partial charge on any atom is -0.479 e. The van der Waals surface area contributed by atoms with E-state index in [1.165, 1.54) is 19.4 Å². The van der Waals surface area contributed by atoms with E-state index in [1.807, 2.05) is 0 Å². The van der Waals surface area contributed by atoms with E-state index >= 15 is 0 Å². The minimum atomic E-state index is -1.09. The topological polar surface area (TPSA) is 85.7 Å². The van der Waals surface area contributed by atoms with E-state index in [0.717, 1.165) is 6.26 Å². The summed E-state index contributed by atoms with van der Waals surface area (Å²) in [6, 6.07) is 1.48. The van der Waals surface area contributed by atoms with Gasteiger partial charge in [-0.25, -0.2) is 4.79 Å². The molecule has 0 fully saturated rings. The normalized spacial score (nSPS) is 10.2. The Morgan fingerprint density at radius 2 is 2.33 bits per heavy atom. The lowest BCUT2D eigenvalue weighted by Crippen LogP contribution is -1.95. The summed E-state index contributed by atoms with van der Waals surface area (Å²) in [5.74, 6) is -0.519. The SMILES string of the molecule is COc1cc(-c2cocc2C(=O)O)on1. The van der Waals surface area contributed by atoms with E-state index in [4.69, 9.17) is 18.8 Å². The Kier molecular flexibility index (Phi) is 2.17. The van der Waals surface area contributed by atoms with Crippen LogP contribution < -0.4 is 4.74 Å². The molecule has 0 spiro atoms. The summed E-state index contributed by atoms with van der Waals surface area (Å²) in [6.07, 6.45) is 2.41. The van der Waals surface area contributed by atoms with Gasteiger partial charge in [0.15, 0.2) is 5.76 Å². The number of carbonyl (C=O) groups is 1. The highest BCUT2D eigenvalue weighted by Crippen LogP contribution is 2.27. The number of carboxylic acids is 1. The molecule has 0 saturated carbocycles. The van der Waals surface area contributed by atoms with Crippen LogP contribution in [0.4, 0.5) is 0 Å². The van der Waals surface area contributed by atoms with Gasteiger partial charge in [0.05, 0.1) is 12.7 Å². The van der Waals surface area contributed by atoms with Crippen LogP contribution in [0.25, 0.3) is 11.3 Å². The number of carboxylic acid groups (broad SMARTS) is 1. The Labute approximate surface area is 84.0 Å². The maximum absolute atomic E-state index is 10.8. The zero-order valence-electron chi connectivity index (χ0n) is 7.76. The molecular weight excluding hydrogens is 202 g/mol. The van der Waals surface area contributed by atoms with E-state index in [2.05, 4.69) is 5.16 Å². The maximum atomic E-state index is 10.8. The van der Waals surface area contributed by atoms with Gasteiger partial charge in [-0.05, 0) is 5.16 Å². The van der Waals surface area contributed by atoms with Gasteiger partial charge in [0.25, 0.3) is 5.88 Å². The summed E-state index contributed by atoms with van der Waals surface area (Å²) in [6.45, 7) is 0. The number of aromatic carboxylic acids is 1. The van der Waals surface area contributed by atoms with Crippen molar-refractivity contribution in [2.45, 2.75) is 0 Å². The average Bonchev–Trinajstić information content (AvgIpc) is 2.85. The van der Waals surface area contributed by atoms with Gasteiger partial charge < -0.3 is 18.8 Å². The van der Waals surface area contributed by atoms with Gasteiger partial charge in [-0.15, -0.1) is 0 Å². The Bertz CT molecular complexity index is 484. The summed E-state index contributed by atoms with van der Waals surface area (Å²) >= 11 is 0. The number of furan rings is 1. The van der Waals surface area contributed by atoms with Crippen molar-refractivity contribution in [2.75, 3.05) is 7.11 Å². The summed E-state index contributed by atoms with van der Waals surface area (Å²) in [4.78, 5) is 10.8. The quantitative estimate of drug-likeness (QED) is 0.826. The summed E-state index contributed by atoms with van der Waals surface area (Å²) < 4.78 is 14.5. The molecule has 0 atom stereocenters. The maximum Gasteiger partial charge on any atom is 0.339 e. The number of methoxy groups -OCH3 is 1. The molecule has 6 nitrogen and oxygen atoms in total. The number of hydrogen-bond donors (Lipinski definition) is 1. The fourth-order valence-corrected chi connectivity index (χ4v) is 1.14. The van der Waals surface area contributed by atoms with Crippen molar-refractivity contribution in [1.82, 2.24) is 5.16 Å². The van der Waals surface area contributed by atoms with Crippen LogP contribution in [-0.4, -0.2) is 23.3 Å². The number of hydrogen-bond acceptors (Lipinski definition) is 5. The van der Waals surface area contributed by atoms with E-state index in [9.17, 15) is 4.79 Å². The van der Waals surface area contributed by atoms with Crippen LogP contribution in [0.3, 0.4) is 0 Å². The van der Waals surface area contributed by atoms with Crippen LogP contribution in [0.15, 0.2) is 27.5 Å². The van der Waals surface area contributed by atoms with Crippen LogP contribution >= 0.6 is 0 Å². The number of nitrogens with zero attached hydrogens (tertiary/aromatic N) is 1. The molecule has 0 saturated heterocycles. The smallest absolute Gasteiger partial charge is 0.339 e. The molecule has 78 valence electrons. The number of ether oxygens (including phenoxy) is 1. The zero-order chi connectivity index (χ0) is 10.8. The molecule has 15 heavy (non-hydrogen) atoms. The lowest BCUT2D eigenvalue weighted by atomic mass is 10.1. The van der Waals surface area contributed by atoms with E-state index < -0.39 is 5.97 Å². The third kappa shape index (κ3) is 1.56. The second kappa shape index (κ2) is 3.49. The van der Waals surface area contributed by atoms with Crippen molar-refractivity contribution >= 4 is 5.97 Å². The lowest BCUT2D eigenvalue weighted by molar-refractivity contribution is 0.0696. The van der Waals surface area contributed by atoms with Crippen molar-refractivity contribution in [3.63, 3.8) is 0 Å². The first kappa shape index (κ1) is 9.32. The highest BCUT2D eigenvalue weighted by molar-refractivity contribution is 5.94. The third-order valence-corrected chi connectivity index (χ3v) is 1.86. The van der Waals surface area contributed by atoms with Gasteiger partial charge in [0.1, 0.15) is 18.1 Å². The molecule has 2 rings (SSSR count). The molecule has 2 aromatic rings. The molecule has 6 heteroatoms. The Balaban J connectivity index is 2.44. The van der Waals surface area contributed by atoms with E-state index in [1.54, 1.807) is 0 Å². The predicted molar refractivity (Wildman–Crippen MR) is 47.7 cm³/mol. The van der Waals surface area contributed by atoms with Crippen molar-refractivity contribution in [3.8, 4) is 17.2 Å². The van der Waals surface area contributed by atoms with E-state index in [0.29, 0.717) is 5.56 Å². The van der Waals surface area contributed by atoms with Crippen molar-refractivity contribution < 1.29 is 23.6 Å². The van der Waals surface area contributed by atoms with Gasteiger partial charge in [-0.3, -0.25) is 0 Å². The highest BCUT2D eigenvalue weighted by Gasteiger charge is 2.18.